The van der Waals surface area contributed by atoms with Gasteiger partial charge in [-0.05, 0) is 18.9 Å². The highest BCUT2D eigenvalue weighted by atomic mass is 19.1. The molecule has 0 heterocycles. The van der Waals surface area contributed by atoms with E-state index in [1.165, 1.54) is 6.07 Å². The molecular formula is C11H11FN2O3. The molecule has 90 valence electrons. The number of halogens is 1. The van der Waals surface area contributed by atoms with E-state index in [1.54, 1.807) is 0 Å². The van der Waals surface area contributed by atoms with E-state index >= 15 is 0 Å². The van der Waals surface area contributed by atoms with Crippen molar-refractivity contribution < 1.29 is 14.1 Å². The van der Waals surface area contributed by atoms with Gasteiger partial charge in [-0.3, -0.25) is 10.1 Å². The van der Waals surface area contributed by atoms with Gasteiger partial charge in [0.25, 0.3) is 0 Å². The van der Waals surface area contributed by atoms with Crippen molar-refractivity contribution in [3.63, 3.8) is 0 Å². The molecule has 0 N–H and O–H groups in total. The van der Waals surface area contributed by atoms with E-state index in [9.17, 15) is 14.5 Å². The lowest BCUT2D eigenvalue weighted by atomic mass is 10.2. The number of nitro groups is 1. The number of nitriles is 1. The summed E-state index contributed by atoms with van der Waals surface area (Å²) < 4.78 is 18.4. The molecule has 0 spiro atoms. The summed E-state index contributed by atoms with van der Waals surface area (Å²) in [5.41, 5.74) is -0.568. The number of nitro benzene ring substituents is 1. The van der Waals surface area contributed by atoms with E-state index in [4.69, 9.17) is 10.00 Å². The lowest BCUT2D eigenvalue weighted by molar-refractivity contribution is -0.387. The van der Waals surface area contributed by atoms with Crippen molar-refractivity contribution in [1.29, 1.82) is 5.26 Å². The van der Waals surface area contributed by atoms with Crippen molar-refractivity contribution in [3.05, 3.63) is 34.1 Å². The molecule has 0 aliphatic rings. The molecule has 1 rings (SSSR count). The van der Waals surface area contributed by atoms with Gasteiger partial charge in [-0.2, -0.15) is 9.65 Å². The molecule has 1 aromatic rings. The lowest BCUT2D eigenvalue weighted by Crippen LogP contribution is -1.99. The van der Waals surface area contributed by atoms with Crippen LogP contribution in [0.1, 0.15) is 19.3 Å². The normalized spacial score (nSPS) is 9.65. The van der Waals surface area contributed by atoms with Crippen LogP contribution in [-0.4, -0.2) is 11.5 Å². The van der Waals surface area contributed by atoms with Crippen LogP contribution in [0.15, 0.2) is 18.2 Å². The Kier molecular flexibility index (Phi) is 4.88. The Balaban J connectivity index is 2.48. The van der Waals surface area contributed by atoms with E-state index in [0.29, 0.717) is 25.9 Å². The average molecular weight is 238 g/mol. The minimum Gasteiger partial charge on any atom is -0.493 e. The molecule has 5 nitrogen and oxygen atoms in total. The van der Waals surface area contributed by atoms with Gasteiger partial charge in [0, 0.05) is 18.6 Å². The van der Waals surface area contributed by atoms with Gasteiger partial charge in [0.2, 0.25) is 5.82 Å². The standard InChI is InChI=1S/C11H11FN2O3/c12-10-8-9(4-5-11(10)14(15)16)17-7-3-1-2-6-13/h4-5,8H,1-3,7H2. The maximum absolute atomic E-state index is 13.2. The first-order valence-corrected chi connectivity index (χ1v) is 5.09. The van der Waals surface area contributed by atoms with E-state index in [1.807, 2.05) is 6.07 Å². The topological polar surface area (TPSA) is 76.2 Å². The van der Waals surface area contributed by atoms with Crippen LogP contribution in [0.2, 0.25) is 0 Å². The Labute approximate surface area is 97.6 Å². The van der Waals surface area contributed by atoms with Crippen LogP contribution in [0.25, 0.3) is 0 Å². The second-order valence-electron chi connectivity index (χ2n) is 3.33. The molecule has 0 aromatic heterocycles. The first kappa shape index (κ1) is 12.9. The highest BCUT2D eigenvalue weighted by Gasteiger charge is 2.13. The summed E-state index contributed by atoms with van der Waals surface area (Å²) in [5, 5.41) is 18.7. The summed E-state index contributed by atoms with van der Waals surface area (Å²) in [6.07, 6.45) is 1.86. The summed E-state index contributed by atoms with van der Waals surface area (Å²) in [7, 11) is 0. The third kappa shape index (κ3) is 4.07. The highest BCUT2D eigenvalue weighted by molar-refractivity contribution is 5.37. The zero-order valence-electron chi connectivity index (χ0n) is 9.06. The predicted molar refractivity (Wildman–Crippen MR) is 58.0 cm³/mol. The van der Waals surface area contributed by atoms with E-state index in [2.05, 4.69) is 0 Å². The van der Waals surface area contributed by atoms with Crippen LogP contribution in [0.5, 0.6) is 5.75 Å². The van der Waals surface area contributed by atoms with Gasteiger partial charge in [-0.15, -0.1) is 0 Å². The molecule has 0 bridgehead atoms. The number of benzene rings is 1. The molecule has 1 aromatic carbocycles. The van der Waals surface area contributed by atoms with Crippen LogP contribution in [0.4, 0.5) is 10.1 Å². The number of unbranched alkanes of at least 4 members (excludes halogenated alkanes) is 2. The van der Waals surface area contributed by atoms with Gasteiger partial charge in [0.1, 0.15) is 5.75 Å². The molecule has 0 saturated heterocycles. The maximum Gasteiger partial charge on any atom is 0.305 e. The second-order valence-corrected chi connectivity index (χ2v) is 3.33. The van der Waals surface area contributed by atoms with Crippen LogP contribution in [0, 0.1) is 27.3 Å². The van der Waals surface area contributed by atoms with Crippen LogP contribution >= 0.6 is 0 Å². The molecule has 0 atom stereocenters. The Hall–Kier alpha value is -2.16. The van der Waals surface area contributed by atoms with Gasteiger partial charge in [0.15, 0.2) is 0 Å². The quantitative estimate of drug-likeness (QED) is 0.433. The SMILES string of the molecule is N#CCCCCOc1ccc([N+](=O)[O-])c(F)c1. The third-order valence-electron chi connectivity index (χ3n) is 2.07. The number of hydrogen-bond donors (Lipinski definition) is 0. The van der Waals surface area contributed by atoms with E-state index < -0.39 is 16.4 Å². The molecule has 0 amide bonds. The fourth-order valence-electron chi connectivity index (χ4n) is 1.22. The van der Waals surface area contributed by atoms with E-state index in [-0.39, 0.29) is 5.75 Å². The van der Waals surface area contributed by atoms with Crippen LogP contribution in [-0.2, 0) is 0 Å². The smallest absolute Gasteiger partial charge is 0.305 e. The molecule has 0 fully saturated rings. The predicted octanol–water partition coefficient (Wildman–Crippen LogP) is 2.81. The molecule has 0 aliphatic carbocycles. The van der Waals surface area contributed by atoms with Gasteiger partial charge in [0.05, 0.1) is 17.6 Å². The fourth-order valence-corrected chi connectivity index (χ4v) is 1.22. The molecule has 0 radical (unpaired) electrons. The highest BCUT2D eigenvalue weighted by Crippen LogP contribution is 2.22. The molecule has 0 aliphatic heterocycles. The Morgan fingerprint density at radius 3 is 2.82 bits per heavy atom. The second kappa shape index (κ2) is 6.43. The summed E-state index contributed by atoms with van der Waals surface area (Å²) in [6.45, 7) is 0.360. The molecule has 0 saturated carbocycles. The summed E-state index contributed by atoms with van der Waals surface area (Å²) in [5.74, 6) is -0.658. The lowest BCUT2D eigenvalue weighted by Gasteiger charge is -2.05. The number of rotatable bonds is 6. The number of nitrogens with zero attached hydrogens (tertiary/aromatic N) is 2. The van der Waals surface area contributed by atoms with Gasteiger partial charge in [-0.25, -0.2) is 0 Å². The van der Waals surface area contributed by atoms with Crippen molar-refractivity contribution in [2.45, 2.75) is 19.3 Å². The zero-order chi connectivity index (χ0) is 12.7. The zero-order valence-corrected chi connectivity index (χ0v) is 9.06. The van der Waals surface area contributed by atoms with Crippen molar-refractivity contribution in [3.8, 4) is 11.8 Å². The van der Waals surface area contributed by atoms with Crippen molar-refractivity contribution in [1.82, 2.24) is 0 Å². The third-order valence-corrected chi connectivity index (χ3v) is 2.07. The average Bonchev–Trinajstić information content (AvgIpc) is 2.28. The minimum atomic E-state index is -0.912. The first-order valence-electron chi connectivity index (χ1n) is 5.09. The number of ether oxygens (including phenoxy) is 1. The van der Waals surface area contributed by atoms with Crippen molar-refractivity contribution in [2.24, 2.45) is 0 Å². The monoisotopic (exact) mass is 238 g/mol. The summed E-state index contributed by atoms with van der Waals surface area (Å²) in [4.78, 5) is 9.57. The van der Waals surface area contributed by atoms with Gasteiger partial charge < -0.3 is 4.74 Å². The number of hydrogen-bond acceptors (Lipinski definition) is 4. The van der Waals surface area contributed by atoms with Crippen molar-refractivity contribution in [2.75, 3.05) is 6.61 Å². The summed E-state index contributed by atoms with van der Waals surface area (Å²) in [6, 6.07) is 5.42. The fraction of sp³-hybridized carbons (Fsp3) is 0.364. The summed E-state index contributed by atoms with van der Waals surface area (Å²) >= 11 is 0. The largest absolute Gasteiger partial charge is 0.493 e. The van der Waals surface area contributed by atoms with Gasteiger partial charge in [-0.1, -0.05) is 0 Å². The Bertz CT molecular complexity index is 443. The first-order chi connectivity index (χ1) is 8.15. The van der Waals surface area contributed by atoms with Crippen LogP contribution < -0.4 is 4.74 Å². The van der Waals surface area contributed by atoms with E-state index in [0.717, 1.165) is 12.1 Å². The minimum absolute atomic E-state index is 0.255. The maximum atomic E-state index is 13.2. The molecule has 6 heteroatoms. The van der Waals surface area contributed by atoms with Crippen molar-refractivity contribution >= 4 is 5.69 Å². The molecule has 0 unspecified atom stereocenters. The Morgan fingerprint density at radius 2 is 2.24 bits per heavy atom. The Morgan fingerprint density at radius 1 is 1.47 bits per heavy atom. The molecular weight excluding hydrogens is 227 g/mol. The molecule has 17 heavy (non-hydrogen) atoms. The van der Waals surface area contributed by atoms with Gasteiger partial charge >= 0.3 is 5.69 Å². The van der Waals surface area contributed by atoms with Crippen LogP contribution in [0.3, 0.4) is 0 Å².